The van der Waals surface area contributed by atoms with Gasteiger partial charge in [0.05, 0.1) is 0 Å². The average Bonchev–Trinajstić information content (AvgIpc) is 2.39. The number of anilines is 1. The molecule has 2 unspecified atom stereocenters. The number of urea groups is 1. The average molecular weight is 295 g/mol. The lowest BCUT2D eigenvalue weighted by molar-refractivity contribution is 0.250. The molecule has 4 nitrogen and oxygen atoms in total. The number of amides is 2. The van der Waals surface area contributed by atoms with E-state index in [0.29, 0.717) is 0 Å². The van der Waals surface area contributed by atoms with E-state index in [1.165, 1.54) is 5.56 Å². The monoisotopic (exact) mass is 295 g/mol. The zero-order valence-corrected chi connectivity index (χ0v) is 13.5. The second-order valence-electron chi connectivity index (χ2n) is 4.86. The van der Waals surface area contributed by atoms with E-state index in [2.05, 4.69) is 35.9 Å². The number of carbonyl (C=O) groups excluding carboxylic acids is 1. The van der Waals surface area contributed by atoms with E-state index in [9.17, 15) is 4.79 Å². The smallest absolute Gasteiger partial charge is 0.319 e. The fourth-order valence-corrected chi connectivity index (χ4v) is 2.58. The lowest BCUT2D eigenvalue weighted by atomic mass is 10.1. The number of carbonyl (C=O) groups is 1. The largest absolute Gasteiger partial charge is 0.335 e. The van der Waals surface area contributed by atoms with E-state index in [0.717, 1.165) is 18.0 Å². The molecule has 5 heteroatoms. The van der Waals surface area contributed by atoms with Crippen LogP contribution in [0, 0.1) is 0 Å². The molecule has 2 amide bonds. The molecule has 0 heterocycles. The predicted molar refractivity (Wildman–Crippen MR) is 88.5 cm³/mol. The van der Waals surface area contributed by atoms with E-state index >= 15 is 0 Å². The molecule has 0 aliphatic rings. The Morgan fingerprint density at radius 1 is 1.35 bits per heavy atom. The summed E-state index contributed by atoms with van der Waals surface area (Å²) in [5.74, 6) is 0.908. The van der Waals surface area contributed by atoms with Gasteiger partial charge in [0.1, 0.15) is 0 Å². The maximum atomic E-state index is 11.9. The van der Waals surface area contributed by atoms with Crippen LogP contribution >= 0.6 is 11.8 Å². The Morgan fingerprint density at radius 3 is 2.75 bits per heavy atom. The van der Waals surface area contributed by atoms with Crippen LogP contribution in [-0.4, -0.2) is 30.6 Å². The molecule has 0 saturated heterocycles. The molecule has 0 saturated carbocycles. The summed E-state index contributed by atoms with van der Waals surface area (Å²) in [6.45, 7) is 7.12. The molecule has 0 spiro atoms. The summed E-state index contributed by atoms with van der Waals surface area (Å²) in [5, 5.41) is 9.16. The van der Waals surface area contributed by atoms with Crippen LogP contribution in [0.25, 0.3) is 0 Å². The molecule has 0 bridgehead atoms. The molecule has 0 aliphatic carbocycles. The molecule has 20 heavy (non-hydrogen) atoms. The molecule has 2 atom stereocenters. The van der Waals surface area contributed by atoms with Gasteiger partial charge in [-0.25, -0.2) is 4.79 Å². The van der Waals surface area contributed by atoms with E-state index in [1.807, 2.05) is 31.4 Å². The molecule has 1 rings (SSSR count). The summed E-state index contributed by atoms with van der Waals surface area (Å²) in [7, 11) is 0. The van der Waals surface area contributed by atoms with Crippen molar-refractivity contribution in [2.24, 2.45) is 0 Å². The van der Waals surface area contributed by atoms with E-state index < -0.39 is 0 Å². The fraction of sp³-hybridized carbons (Fsp3) is 0.533. The number of thioether (sulfide) groups is 1. The van der Waals surface area contributed by atoms with Gasteiger partial charge in [-0.15, -0.1) is 0 Å². The summed E-state index contributed by atoms with van der Waals surface area (Å²) in [4.78, 5) is 11.9. The second kappa shape index (κ2) is 8.87. The Balaban J connectivity index is 2.59. The Morgan fingerprint density at radius 2 is 2.10 bits per heavy atom. The van der Waals surface area contributed by atoms with Gasteiger partial charge >= 0.3 is 6.03 Å². The molecule has 0 radical (unpaired) electrons. The summed E-state index contributed by atoms with van der Waals surface area (Å²) in [6, 6.07) is 8.22. The summed E-state index contributed by atoms with van der Waals surface area (Å²) in [5.41, 5.74) is 1.99. The zero-order chi connectivity index (χ0) is 15.0. The van der Waals surface area contributed by atoms with E-state index in [4.69, 9.17) is 0 Å². The van der Waals surface area contributed by atoms with Crippen LogP contribution in [0.4, 0.5) is 10.5 Å². The Kier molecular flexibility index (Phi) is 7.47. The van der Waals surface area contributed by atoms with Gasteiger partial charge in [0.2, 0.25) is 0 Å². The summed E-state index contributed by atoms with van der Waals surface area (Å²) < 4.78 is 0. The van der Waals surface area contributed by atoms with Crippen molar-refractivity contribution in [3.63, 3.8) is 0 Å². The molecular weight excluding hydrogens is 270 g/mol. The van der Waals surface area contributed by atoms with Crippen molar-refractivity contribution in [2.45, 2.75) is 32.9 Å². The maximum Gasteiger partial charge on any atom is 0.319 e. The van der Waals surface area contributed by atoms with E-state index in [1.54, 1.807) is 11.8 Å². The van der Waals surface area contributed by atoms with Crippen molar-refractivity contribution >= 4 is 23.5 Å². The van der Waals surface area contributed by atoms with Crippen LogP contribution in [0.5, 0.6) is 0 Å². The van der Waals surface area contributed by atoms with Crippen molar-refractivity contribution < 1.29 is 4.79 Å². The van der Waals surface area contributed by atoms with Gasteiger partial charge in [0, 0.05) is 23.5 Å². The first-order valence-electron chi connectivity index (χ1n) is 6.96. The Labute approximate surface area is 126 Å². The Hall–Kier alpha value is -1.20. The van der Waals surface area contributed by atoms with Crippen molar-refractivity contribution in [2.75, 3.05) is 23.9 Å². The molecule has 3 N–H and O–H groups in total. The van der Waals surface area contributed by atoms with Gasteiger partial charge in [-0.1, -0.05) is 19.1 Å². The highest BCUT2D eigenvalue weighted by Crippen LogP contribution is 2.17. The van der Waals surface area contributed by atoms with Gasteiger partial charge in [-0.2, -0.15) is 11.8 Å². The van der Waals surface area contributed by atoms with Gasteiger partial charge in [0.15, 0.2) is 0 Å². The number of benzene rings is 1. The van der Waals surface area contributed by atoms with Crippen LogP contribution in [0.15, 0.2) is 24.3 Å². The molecule has 1 aromatic carbocycles. The van der Waals surface area contributed by atoms with Crippen molar-refractivity contribution in [3.05, 3.63) is 29.8 Å². The van der Waals surface area contributed by atoms with Crippen molar-refractivity contribution in [3.8, 4) is 0 Å². The molecular formula is C15H25N3OS. The molecule has 0 aliphatic heterocycles. The SMILES string of the molecule is CCNC(C)c1cccc(NC(=O)NC(C)CSC)c1. The van der Waals surface area contributed by atoms with Gasteiger partial charge in [-0.05, 0) is 44.3 Å². The summed E-state index contributed by atoms with van der Waals surface area (Å²) in [6.07, 6.45) is 2.03. The van der Waals surface area contributed by atoms with E-state index in [-0.39, 0.29) is 18.1 Å². The first kappa shape index (κ1) is 16.9. The predicted octanol–water partition coefficient (Wildman–Crippen LogP) is 3.23. The quantitative estimate of drug-likeness (QED) is 0.724. The highest BCUT2D eigenvalue weighted by molar-refractivity contribution is 7.98. The van der Waals surface area contributed by atoms with Crippen LogP contribution in [0.1, 0.15) is 32.4 Å². The molecule has 1 aromatic rings. The van der Waals surface area contributed by atoms with Crippen molar-refractivity contribution in [1.82, 2.24) is 10.6 Å². The minimum absolute atomic E-state index is 0.153. The third-order valence-electron chi connectivity index (χ3n) is 2.95. The molecule has 0 aromatic heterocycles. The first-order chi connectivity index (χ1) is 9.56. The van der Waals surface area contributed by atoms with Gasteiger partial charge in [-0.3, -0.25) is 0 Å². The first-order valence-corrected chi connectivity index (χ1v) is 8.36. The standard InChI is InChI=1S/C15H25N3OS/c1-5-16-12(3)13-7-6-8-14(9-13)18-15(19)17-11(2)10-20-4/h6-9,11-12,16H,5,10H2,1-4H3,(H2,17,18,19). The second-order valence-corrected chi connectivity index (χ2v) is 5.77. The third-order valence-corrected chi connectivity index (χ3v) is 3.78. The van der Waals surface area contributed by atoms with Crippen molar-refractivity contribution in [1.29, 1.82) is 0 Å². The minimum atomic E-state index is -0.153. The molecule has 112 valence electrons. The topological polar surface area (TPSA) is 53.2 Å². The van der Waals surface area contributed by atoms with Crippen LogP contribution in [0.2, 0.25) is 0 Å². The number of nitrogens with one attached hydrogen (secondary N) is 3. The Bertz CT molecular complexity index is 425. The fourth-order valence-electron chi connectivity index (χ4n) is 1.99. The number of rotatable bonds is 7. The maximum absolute atomic E-state index is 11.9. The lowest BCUT2D eigenvalue weighted by Crippen LogP contribution is -2.37. The number of hydrogen-bond acceptors (Lipinski definition) is 3. The van der Waals surface area contributed by atoms with Gasteiger partial charge in [0.25, 0.3) is 0 Å². The number of hydrogen-bond donors (Lipinski definition) is 3. The highest BCUT2D eigenvalue weighted by atomic mass is 32.2. The van der Waals surface area contributed by atoms with Crippen LogP contribution < -0.4 is 16.0 Å². The summed E-state index contributed by atoms with van der Waals surface area (Å²) >= 11 is 1.72. The van der Waals surface area contributed by atoms with Crippen LogP contribution in [-0.2, 0) is 0 Å². The van der Waals surface area contributed by atoms with Crippen LogP contribution in [0.3, 0.4) is 0 Å². The highest BCUT2D eigenvalue weighted by Gasteiger charge is 2.08. The minimum Gasteiger partial charge on any atom is -0.335 e. The lowest BCUT2D eigenvalue weighted by Gasteiger charge is -2.16. The van der Waals surface area contributed by atoms with Gasteiger partial charge < -0.3 is 16.0 Å². The third kappa shape index (κ3) is 5.84. The zero-order valence-electron chi connectivity index (χ0n) is 12.7. The normalized spacial score (nSPS) is 13.6. The molecule has 0 fully saturated rings.